The molecule has 0 saturated carbocycles. The van der Waals surface area contributed by atoms with Gasteiger partial charge in [0, 0.05) is 6.54 Å². The van der Waals surface area contributed by atoms with Crippen LogP contribution in [-0.4, -0.2) is 26.2 Å². The Labute approximate surface area is 112 Å². The molecular weight excluding hydrogens is 234 g/mol. The van der Waals surface area contributed by atoms with E-state index in [0.29, 0.717) is 0 Å². The molecule has 0 heterocycles. The van der Waals surface area contributed by atoms with E-state index in [4.69, 9.17) is 17.5 Å². The minimum Gasteiger partial charge on any atom is -0.330 e. The van der Waals surface area contributed by atoms with Crippen LogP contribution in [0.1, 0.15) is 57.8 Å². The molecule has 0 rings (SSSR count). The van der Waals surface area contributed by atoms with Gasteiger partial charge in [0.1, 0.15) is 0 Å². The summed E-state index contributed by atoms with van der Waals surface area (Å²) in [5.41, 5.74) is 5.45. The molecule has 17 heavy (non-hydrogen) atoms. The smallest absolute Gasteiger partial charge is 0.0120 e. The third-order valence-electron chi connectivity index (χ3n) is 2.93. The highest BCUT2D eigenvalue weighted by molar-refractivity contribution is 6.13. The molecule has 0 fully saturated rings. The second-order valence-corrected chi connectivity index (χ2v) is 4.87. The van der Waals surface area contributed by atoms with E-state index in [1.165, 1.54) is 51.4 Å². The molecule has 0 spiro atoms. The van der Waals surface area contributed by atoms with Crippen molar-refractivity contribution in [2.24, 2.45) is 5.73 Å². The number of halogens is 1. The molecule has 3 nitrogen and oxygen atoms in total. The van der Waals surface area contributed by atoms with E-state index in [9.17, 15) is 0 Å². The van der Waals surface area contributed by atoms with Crippen LogP contribution in [0.3, 0.4) is 0 Å². The largest absolute Gasteiger partial charge is 0.330 e. The number of nitrogens with one attached hydrogen (secondary N) is 2. The maximum absolute atomic E-state index is 5.45. The molecule has 0 aromatic heterocycles. The van der Waals surface area contributed by atoms with Crippen LogP contribution < -0.4 is 15.9 Å². The topological polar surface area (TPSA) is 50.1 Å². The second kappa shape index (κ2) is 16.2. The summed E-state index contributed by atoms with van der Waals surface area (Å²) in [7, 11) is 0. The molecule has 0 aliphatic carbocycles. The first-order valence-electron chi connectivity index (χ1n) is 7.16. The summed E-state index contributed by atoms with van der Waals surface area (Å²) in [6.45, 7) is 3.95. The molecule has 0 unspecified atom stereocenters. The van der Waals surface area contributed by atoms with Crippen LogP contribution >= 0.6 is 11.8 Å². The third-order valence-corrected chi connectivity index (χ3v) is 3.12. The molecule has 0 amide bonds. The minimum atomic E-state index is 0.852. The number of rotatable bonds is 14. The van der Waals surface area contributed by atoms with E-state index in [-0.39, 0.29) is 0 Å². The maximum Gasteiger partial charge on any atom is 0.0120 e. The molecule has 0 aromatic carbocycles. The van der Waals surface area contributed by atoms with Gasteiger partial charge in [-0.25, -0.2) is 4.84 Å². The first-order chi connectivity index (χ1) is 8.41. The van der Waals surface area contributed by atoms with E-state index in [1.54, 1.807) is 0 Å². The van der Waals surface area contributed by atoms with E-state index >= 15 is 0 Å². The van der Waals surface area contributed by atoms with Crippen LogP contribution in [0.25, 0.3) is 0 Å². The fraction of sp³-hybridized carbons (Fsp3) is 1.00. The Morgan fingerprint density at radius 3 is 1.76 bits per heavy atom. The summed E-state index contributed by atoms with van der Waals surface area (Å²) in [5, 5.41) is 3.43. The predicted molar refractivity (Wildman–Crippen MR) is 77.3 cm³/mol. The van der Waals surface area contributed by atoms with Crippen molar-refractivity contribution >= 4 is 11.8 Å². The van der Waals surface area contributed by atoms with E-state index < -0.39 is 0 Å². The summed E-state index contributed by atoms with van der Waals surface area (Å²) < 4.78 is 0. The van der Waals surface area contributed by atoms with Crippen LogP contribution in [0.5, 0.6) is 0 Å². The lowest BCUT2D eigenvalue weighted by Crippen LogP contribution is -2.19. The average Bonchev–Trinajstić information content (AvgIpc) is 2.35. The minimum absolute atomic E-state index is 0.852. The summed E-state index contributed by atoms with van der Waals surface area (Å²) in [6.07, 6.45) is 11.8. The Bertz CT molecular complexity index is 120. The Morgan fingerprint density at radius 1 is 0.647 bits per heavy atom. The zero-order chi connectivity index (χ0) is 12.6. The summed E-state index contributed by atoms with van der Waals surface area (Å²) in [5.74, 6) is 0. The second-order valence-electron chi connectivity index (χ2n) is 4.60. The molecule has 104 valence electrons. The van der Waals surface area contributed by atoms with Crippen LogP contribution in [0.2, 0.25) is 0 Å². The fourth-order valence-corrected chi connectivity index (χ4v) is 1.99. The van der Waals surface area contributed by atoms with Crippen LogP contribution in [0.15, 0.2) is 0 Å². The van der Waals surface area contributed by atoms with Gasteiger partial charge in [0.15, 0.2) is 0 Å². The van der Waals surface area contributed by atoms with Gasteiger partial charge in [-0.3, -0.25) is 0 Å². The van der Waals surface area contributed by atoms with Gasteiger partial charge in [0.25, 0.3) is 0 Å². The van der Waals surface area contributed by atoms with Crippen molar-refractivity contribution in [3.63, 3.8) is 0 Å². The van der Waals surface area contributed by atoms with Crippen molar-refractivity contribution in [3.05, 3.63) is 0 Å². The Morgan fingerprint density at radius 2 is 1.18 bits per heavy atom. The third kappa shape index (κ3) is 16.2. The highest BCUT2D eigenvalue weighted by atomic mass is 35.5. The fourth-order valence-electron chi connectivity index (χ4n) is 1.86. The lowest BCUT2D eigenvalue weighted by atomic mass is 10.1. The van der Waals surface area contributed by atoms with E-state index in [1.807, 2.05) is 0 Å². The molecule has 4 N–H and O–H groups in total. The zero-order valence-corrected chi connectivity index (χ0v) is 11.9. The average molecular weight is 264 g/mol. The number of unbranched alkanes of at least 4 members (excludes halogenated alkanes) is 7. The molecular formula is C13H30ClN3. The van der Waals surface area contributed by atoms with Gasteiger partial charge >= 0.3 is 0 Å². The van der Waals surface area contributed by atoms with Crippen molar-refractivity contribution in [3.8, 4) is 0 Å². The van der Waals surface area contributed by atoms with Gasteiger partial charge in [-0.15, -0.1) is 0 Å². The monoisotopic (exact) mass is 263 g/mol. The van der Waals surface area contributed by atoms with Gasteiger partial charge in [-0.05, 0) is 50.7 Å². The Balaban J connectivity index is 2.85. The molecule has 0 aliphatic rings. The molecule has 0 aliphatic heterocycles. The maximum atomic E-state index is 5.45. The SMILES string of the molecule is NCCCCCCCCCCNCCCNCl. The quantitative estimate of drug-likeness (QED) is 0.334. The number of nitrogens with two attached hydrogens (primary N) is 1. The lowest BCUT2D eigenvalue weighted by molar-refractivity contribution is 0.548. The van der Waals surface area contributed by atoms with Gasteiger partial charge in [0.2, 0.25) is 0 Å². The lowest BCUT2D eigenvalue weighted by Gasteiger charge is -2.04. The normalized spacial score (nSPS) is 10.9. The highest BCUT2D eigenvalue weighted by Crippen LogP contribution is 2.07. The summed E-state index contributed by atoms with van der Waals surface area (Å²) in [4.78, 5) is 2.63. The van der Waals surface area contributed by atoms with Gasteiger partial charge in [-0.2, -0.15) is 0 Å². The first kappa shape index (κ1) is 17.2. The molecule has 0 radical (unpaired) electrons. The van der Waals surface area contributed by atoms with Crippen molar-refractivity contribution in [2.45, 2.75) is 57.8 Å². The highest BCUT2D eigenvalue weighted by Gasteiger charge is 1.92. The molecule has 0 atom stereocenters. The molecule has 0 aromatic rings. The van der Waals surface area contributed by atoms with Crippen LogP contribution in [0, 0.1) is 0 Å². The van der Waals surface area contributed by atoms with Crippen molar-refractivity contribution in [1.82, 2.24) is 10.2 Å². The van der Waals surface area contributed by atoms with Crippen molar-refractivity contribution < 1.29 is 0 Å². The Hall–Kier alpha value is 0.170. The molecule has 0 bridgehead atoms. The Kier molecular flexibility index (Phi) is 16.3. The van der Waals surface area contributed by atoms with E-state index in [2.05, 4.69) is 10.2 Å². The van der Waals surface area contributed by atoms with Crippen molar-refractivity contribution in [2.75, 3.05) is 26.2 Å². The van der Waals surface area contributed by atoms with Gasteiger partial charge in [-0.1, -0.05) is 38.5 Å². The molecule has 4 heteroatoms. The van der Waals surface area contributed by atoms with Crippen molar-refractivity contribution in [1.29, 1.82) is 0 Å². The number of hydrogen-bond acceptors (Lipinski definition) is 3. The van der Waals surface area contributed by atoms with E-state index in [0.717, 1.165) is 32.6 Å². The number of hydrogen-bond donors (Lipinski definition) is 3. The zero-order valence-electron chi connectivity index (χ0n) is 11.1. The van der Waals surface area contributed by atoms with Crippen LogP contribution in [0.4, 0.5) is 0 Å². The van der Waals surface area contributed by atoms with Crippen LogP contribution in [-0.2, 0) is 0 Å². The summed E-state index contributed by atoms with van der Waals surface area (Å²) >= 11 is 5.36. The first-order valence-corrected chi connectivity index (χ1v) is 7.54. The standard InChI is InChI=1S/C13H30ClN3/c14-17-13-9-12-16-11-8-6-4-2-1-3-5-7-10-15/h16-17H,1-13,15H2. The summed E-state index contributed by atoms with van der Waals surface area (Å²) in [6, 6.07) is 0. The van der Waals surface area contributed by atoms with Gasteiger partial charge < -0.3 is 11.1 Å². The van der Waals surface area contributed by atoms with Gasteiger partial charge in [0.05, 0.1) is 0 Å². The molecule has 0 saturated heterocycles. The predicted octanol–water partition coefficient (Wildman–Crippen LogP) is 2.79.